The third-order valence-electron chi connectivity index (χ3n) is 2.95. The van der Waals surface area contributed by atoms with Gasteiger partial charge in [-0.05, 0) is 6.42 Å². The van der Waals surface area contributed by atoms with Crippen LogP contribution in [0.15, 0.2) is 12.5 Å². The first-order chi connectivity index (χ1) is 7.66. The SMILES string of the molecule is NC1CCN(C(Cc2cnc[nH]2)C(=O)O)C1. The number of carbonyl (C=O) groups is 1. The largest absolute Gasteiger partial charge is 0.480 e. The van der Waals surface area contributed by atoms with Gasteiger partial charge in [0, 0.05) is 37.4 Å². The fraction of sp³-hybridized carbons (Fsp3) is 0.600. The number of nitrogens with zero attached hydrogens (tertiary/aromatic N) is 2. The molecule has 88 valence electrons. The summed E-state index contributed by atoms with van der Waals surface area (Å²) in [6, 6.07) is -0.405. The Hall–Kier alpha value is -1.40. The zero-order valence-corrected chi connectivity index (χ0v) is 8.97. The number of aromatic amines is 1. The molecule has 1 fully saturated rings. The highest BCUT2D eigenvalue weighted by Gasteiger charge is 2.31. The average Bonchev–Trinajstić information content (AvgIpc) is 2.84. The molecule has 0 radical (unpaired) electrons. The van der Waals surface area contributed by atoms with E-state index in [0.717, 1.165) is 18.7 Å². The van der Waals surface area contributed by atoms with E-state index in [9.17, 15) is 9.90 Å². The lowest BCUT2D eigenvalue weighted by Crippen LogP contribution is -2.42. The van der Waals surface area contributed by atoms with Gasteiger partial charge >= 0.3 is 5.97 Å². The topological polar surface area (TPSA) is 95.2 Å². The number of nitrogens with one attached hydrogen (secondary N) is 1. The predicted molar refractivity (Wildman–Crippen MR) is 57.9 cm³/mol. The number of nitrogens with two attached hydrogens (primary N) is 1. The van der Waals surface area contributed by atoms with Crippen LogP contribution in [0.3, 0.4) is 0 Å². The van der Waals surface area contributed by atoms with E-state index in [1.54, 1.807) is 12.5 Å². The molecule has 16 heavy (non-hydrogen) atoms. The summed E-state index contributed by atoms with van der Waals surface area (Å²) in [6.07, 6.45) is 4.53. The normalized spacial score (nSPS) is 23.4. The Bertz CT molecular complexity index is 352. The van der Waals surface area contributed by atoms with Gasteiger partial charge in [-0.3, -0.25) is 9.69 Å². The summed E-state index contributed by atoms with van der Waals surface area (Å²) in [4.78, 5) is 19.9. The van der Waals surface area contributed by atoms with Gasteiger partial charge in [-0.1, -0.05) is 0 Å². The average molecular weight is 224 g/mol. The predicted octanol–water partition coefficient (Wildman–Crippen LogP) is -0.562. The van der Waals surface area contributed by atoms with Crippen molar-refractivity contribution in [2.75, 3.05) is 13.1 Å². The highest BCUT2D eigenvalue weighted by Crippen LogP contribution is 2.14. The van der Waals surface area contributed by atoms with Crippen LogP contribution in [0.5, 0.6) is 0 Å². The maximum atomic E-state index is 11.2. The molecule has 2 heterocycles. The van der Waals surface area contributed by atoms with E-state index in [2.05, 4.69) is 9.97 Å². The van der Waals surface area contributed by atoms with Gasteiger partial charge in [0.25, 0.3) is 0 Å². The van der Waals surface area contributed by atoms with E-state index in [0.29, 0.717) is 13.0 Å². The van der Waals surface area contributed by atoms with Crippen LogP contribution in [0.1, 0.15) is 12.1 Å². The van der Waals surface area contributed by atoms with Gasteiger partial charge in [-0.2, -0.15) is 0 Å². The molecule has 2 atom stereocenters. The Morgan fingerprint density at radius 1 is 1.81 bits per heavy atom. The molecule has 0 bridgehead atoms. The Labute approximate surface area is 93.5 Å². The fourth-order valence-electron chi connectivity index (χ4n) is 2.08. The Morgan fingerprint density at radius 3 is 3.12 bits per heavy atom. The van der Waals surface area contributed by atoms with Crippen molar-refractivity contribution in [2.45, 2.75) is 24.9 Å². The van der Waals surface area contributed by atoms with Crippen LogP contribution in [0.25, 0.3) is 0 Å². The van der Waals surface area contributed by atoms with Crippen molar-refractivity contribution < 1.29 is 9.90 Å². The third kappa shape index (κ3) is 2.40. The summed E-state index contributed by atoms with van der Waals surface area (Å²) in [6.45, 7) is 1.41. The second kappa shape index (κ2) is 4.63. The van der Waals surface area contributed by atoms with Crippen molar-refractivity contribution in [1.29, 1.82) is 0 Å². The summed E-state index contributed by atoms with van der Waals surface area (Å²) in [5, 5.41) is 9.20. The highest BCUT2D eigenvalue weighted by molar-refractivity contribution is 5.73. The number of carboxylic acids is 1. The molecule has 0 spiro atoms. The van der Waals surface area contributed by atoms with Gasteiger partial charge in [-0.15, -0.1) is 0 Å². The Morgan fingerprint density at radius 2 is 2.62 bits per heavy atom. The number of rotatable bonds is 4. The number of aliphatic carboxylic acids is 1. The highest BCUT2D eigenvalue weighted by atomic mass is 16.4. The lowest BCUT2D eigenvalue weighted by atomic mass is 10.1. The van der Waals surface area contributed by atoms with Crippen LogP contribution in [-0.2, 0) is 11.2 Å². The first-order valence-corrected chi connectivity index (χ1v) is 5.36. The molecule has 1 aliphatic heterocycles. The number of aromatic nitrogens is 2. The van der Waals surface area contributed by atoms with Crippen molar-refractivity contribution in [2.24, 2.45) is 5.73 Å². The van der Waals surface area contributed by atoms with Gasteiger partial charge in [0.05, 0.1) is 6.33 Å². The third-order valence-corrected chi connectivity index (χ3v) is 2.95. The number of hydrogen-bond donors (Lipinski definition) is 3. The second-order valence-corrected chi connectivity index (χ2v) is 4.18. The summed E-state index contributed by atoms with van der Waals surface area (Å²) in [5.74, 6) is -0.802. The lowest BCUT2D eigenvalue weighted by molar-refractivity contribution is -0.142. The van der Waals surface area contributed by atoms with Crippen molar-refractivity contribution in [3.63, 3.8) is 0 Å². The van der Waals surface area contributed by atoms with E-state index in [-0.39, 0.29) is 6.04 Å². The molecule has 6 heteroatoms. The van der Waals surface area contributed by atoms with E-state index in [1.165, 1.54) is 0 Å². The zero-order valence-electron chi connectivity index (χ0n) is 8.97. The van der Waals surface area contributed by atoms with Crippen molar-refractivity contribution in [1.82, 2.24) is 14.9 Å². The van der Waals surface area contributed by atoms with E-state index >= 15 is 0 Å². The minimum absolute atomic E-state index is 0.101. The van der Waals surface area contributed by atoms with Gasteiger partial charge in [-0.25, -0.2) is 4.98 Å². The van der Waals surface area contributed by atoms with Crippen LogP contribution < -0.4 is 5.73 Å². The van der Waals surface area contributed by atoms with Gasteiger partial charge in [0.15, 0.2) is 0 Å². The van der Waals surface area contributed by atoms with Crippen molar-refractivity contribution in [3.8, 4) is 0 Å². The Balaban J connectivity index is 2.03. The monoisotopic (exact) mass is 224 g/mol. The van der Waals surface area contributed by atoms with Crippen LogP contribution in [0, 0.1) is 0 Å². The molecule has 6 nitrogen and oxygen atoms in total. The molecule has 0 saturated carbocycles. The number of carboxylic acid groups (broad SMARTS) is 1. The molecule has 0 aliphatic carbocycles. The van der Waals surface area contributed by atoms with Crippen LogP contribution in [0.2, 0.25) is 0 Å². The minimum atomic E-state index is -0.802. The van der Waals surface area contributed by atoms with Crippen molar-refractivity contribution in [3.05, 3.63) is 18.2 Å². The first-order valence-electron chi connectivity index (χ1n) is 5.36. The molecule has 0 aromatic carbocycles. The zero-order chi connectivity index (χ0) is 11.5. The fourth-order valence-corrected chi connectivity index (χ4v) is 2.08. The molecular formula is C10H16N4O2. The molecule has 2 rings (SSSR count). The van der Waals surface area contributed by atoms with E-state index in [1.807, 2.05) is 4.90 Å². The standard InChI is InChI=1S/C10H16N4O2/c11-7-1-2-14(5-7)9(10(15)16)3-8-4-12-6-13-8/h4,6-7,9H,1-3,5,11H2,(H,12,13)(H,15,16). The van der Waals surface area contributed by atoms with Crippen molar-refractivity contribution >= 4 is 5.97 Å². The molecular weight excluding hydrogens is 208 g/mol. The number of hydrogen-bond acceptors (Lipinski definition) is 4. The quantitative estimate of drug-likeness (QED) is 0.637. The summed E-state index contributed by atoms with van der Waals surface area (Å²) in [5.41, 5.74) is 6.62. The molecule has 4 N–H and O–H groups in total. The molecule has 0 amide bonds. The first kappa shape index (κ1) is 11.1. The molecule has 1 aliphatic rings. The maximum Gasteiger partial charge on any atom is 0.321 e. The van der Waals surface area contributed by atoms with Gasteiger partial charge in [0.2, 0.25) is 0 Å². The minimum Gasteiger partial charge on any atom is -0.480 e. The van der Waals surface area contributed by atoms with E-state index < -0.39 is 12.0 Å². The molecule has 2 unspecified atom stereocenters. The summed E-state index contributed by atoms with van der Waals surface area (Å²) >= 11 is 0. The number of H-pyrrole nitrogens is 1. The smallest absolute Gasteiger partial charge is 0.321 e. The number of imidazole rings is 1. The number of likely N-dealkylation sites (tertiary alicyclic amines) is 1. The van der Waals surface area contributed by atoms with Gasteiger partial charge < -0.3 is 15.8 Å². The lowest BCUT2D eigenvalue weighted by Gasteiger charge is -2.23. The second-order valence-electron chi connectivity index (χ2n) is 4.18. The summed E-state index contributed by atoms with van der Waals surface area (Å²) in [7, 11) is 0. The molecule has 1 aromatic heterocycles. The van der Waals surface area contributed by atoms with Crippen LogP contribution >= 0.6 is 0 Å². The molecule has 1 saturated heterocycles. The Kier molecular flexibility index (Phi) is 3.21. The van der Waals surface area contributed by atoms with Crippen LogP contribution in [-0.4, -0.2) is 51.1 Å². The van der Waals surface area contributed by atoms with Crippen LogP contribution in [0.4, 0.5) is 0 Å². The molecule has 1 aromatic rings. The summed E-state index contributed by atoms with van der Waals surface area (Å²) < 4.78 is 0. The maximum absolute atomic E-state index is 11.2. The van der Waals surface area contributed by atoms with Gasteiger partial charge in [0.1, 0.15) is 6.04 Å². The van der Waals surface area contributed by atoms with E-state index in [4.69, 9.17) is 5.73 Å².